The van der Waals surface area contributed by atoms with Crippen LogP contribution in [-0.4, -0.2) is 51.9 Å². The number of nitrogens with two attached hydrogens (primary N) is 1. The summed E-state index contributed by atoms with van der Waals surface area (Å²) in [4.78, 5) is 53.6. The highest BCUT2D eigenvalue weighted by molar-refractivity contribution is 5.93. The number of rotatable bonds is 10. The molecule has 0 bridgehead atoms. The van der Waals surface area contributed by atoms with Gasteiger partial charge in [0.15, 0.2) is 0 Å². The van der Waals surface area contributed by atoms with Crippen LogP contribution >= 0.6 is 0 Å². The molecule has 2 rings (SSSR count). The van der Waals surface area contributed by atoms with Gasteiger partial charge in [-0.1, -0.05) is 38.1 Å². The lowest BCUT2D eigenvalue weighted by Gasteiger charge is -2.36. The summed E-state index contributed by atoms with van der Waals surface area (Å²) in [6.07, 6.45) is 0.684. The Morgan fingerprint density at radius 3 is 2.08 bits per heavy atom. The Labute approximate surface area is 220 Å². The fourth-order valence-electron chi connectivity index (χ4n) is 4.16. The number of nitrogens with zero attached hydrogens (tertiary/aromatic N) is 1. The molecule has 1 aliphatic rings. The van der Waals surface area contributed by atoms with Gasteiger partial charge < -0.3 is 26.0 Å². The minimum absolute atomic E-state index is 0.00655. The molecule has 1 fully saturated rings. The maximum atomic E-state index is 14.1. The summed E-state index contributed by atoms with van der Waals surface area (Å²) < 4.78 is 5.37. The van der Waals surface area contributed by atoms with Crippen LogP contribution in [0, 0.1) is 5.92 Å². The molecule has 1 saturated carbocycles. The number of hydrogen-bond acceptors (Lipinski definition) is 5. The fourth-order valence-corrected chi connectivity index (χ4v) is 4.16. The molecule has 0 radical (unpaired) electrons. The summed E-state index contributed by atoms with van der Waals surface area (Å²) in [5, 5.41) is 5.65. The Bertz CT molecular complexity index is 978. The highest BCUT2D eigenvalue weighted by Crippen LogP contribution is 2.41. The van der Waals surface area contributed by atoms with Crippen LogP contribution in [0.3, 0.4) is 0 Å². The van der Waals surface area contributed by atoms with Crippen molar-refractivity contribution >= 4 is 23.8 Å². The lowest BCUT2D eigenvalue weighted by Crippen LogP contribution is -2.55. The van der Waals surface area contributed by atoms with Gasteiger partial charge in [0.2, 0.25) is 17.7 Å². The highest BCUT2D eigenvalue weighted by atomic mass is 16.6. The van der Waals surface area contributed by atoms with Crippen molar-refractivity contribution < 1.29 is 23.9 Å². The summed E-state index contributed by atoms with van der Waals surface area (Å²) in [6.45, 7) is 14.9. The predicted octanol–water partition coefficient (Wildman–Crippen LogP) is 3.60. The molecule has 0 aliphatic heterocycles. The number of ether oxygens (including phenoxy) is 1. The second kappa shape index (κ2) is 12.0. The zero-order chi connectivity index (χ0) is 28.1. The molecule has 4 atom stereocenters. The number of amides is 4. The third-order valence-corrected chi connectivity index (χ3v) is 6.08. The van der Waals surface area contributed by atoms with Crippen molar-refractivity contribution in [1.82, 2.24) is 15.5 Å². The number of hydrogen-bond donors (Lipinski definition) is 3. The molecular formula is C28H44N4O5. The Hall–Kier alpha value is -3.10. The SMILES string of the molecule is CCc1ccc(C(C(=O)NC(C)(C)C)N(C(=O)C(CCC(N)=O)NC(=O)OC(C)(C)C)C2CC2C)cc1. The van der Waals surface area contributed by atoms with E-state index in [0.29, 0.717) is 5.56 Å². The van der Waals surface area contributed by atoms with Crippen molar-refractivity contribution in [3.8, 4) is 0 Å². The normalized spacial score (nSPS) is 18.8. The Morgan fingerprint density at radius 2 is 1.65 bits per heavy atom. The first kappa shape index (κ1) is 30.1. The first-order chi connectivity index (χ1) is 17.0. The van der Waals surface area contributed by atoms with Gasteiger partial charge in [0.25, 0.3) is 0 Å². The van der Waals surface area contributed by atoms with E-state index in [1.54, 1.807) is 25.7 Å². The largest absolute Gasteiger partial charge is 0.444 e. The number of benzene rings is 1. The van der Waals surface area contributed by atoms with E-state index in [9.17, 15) is 19.2 Å². The molecule has 1 aliphatic carbocycles. The molecule has 4 unspecified atom stereocenters. The molecule has 1 aromatic carbocycles. The predicted molar refractivity (Wildman–Crippen MR) is 142 cm³/mol. The average Bonchev–Trinajstić information content (AvgIpc) is 3.47. The zero-order valence-electron chi connectivity index (χ0n) is 23.5. The number of carbonyl (C=O) groups is 4. The number of carbonyl (C=O) groups excluding carboxylic acids is 4. The molecule has 0 heterocycles. The monoisotopic (exact) mass is 516 g/mol. The van der Waals surface area contributed by atoms with Gasteiger partial charge >= 0.3 is 6.09 Å². The summed E-state index contributed by atoms with van der Waals surface area (Å²) in [7, 11) is 0. The molecule has 0 spiro atoms. The van der Waals surface area contributed by atoms with Crippen LogP contribution in [-0.2, 0) is 25.5 Å². The lowest BCUT2D eigenvalue weighted by atomic mass is 9.98. The third kappa shape index (κ3) is 9.37. The third-order valence-electron chi connectivity index (χ3n) is 6.08. The summed E-state index contributed by atoms with van der Waals surface area (Å²) >= 11 is 0. The van der Waals surface area contributed by atoms with E-state index in [4.69, 9.17) is 10.5 Å². The standard InChI is InChI=1S/C28H44N4O5/c1-9-18-10-12-19(13-11-18)23(24(34)31-27(3,4)5)32(21-16-17(21)2)25(35)20(14-15-22(29)33)30-26(36)37-28(6,7)8/h10-13,17,20-21,23H,9,14-16H2,1-8H3,(H2,29,33)(H,30,36)(H,31,34). The summed E-state index contributed by atoms with van der Waals surface area (Å²) in [6, 6.07) is 5.46. The van der Waals surface area contributed by atoms with E-state index >= 15 is 0 Å². The molecule has 1 aromatic rings. The lowest BCUT2D eigenvalue weighted by molar-refractivity contribution is -0.144. The van der Waals surface area contributed by atoms with Gasteiger partial charge in [-0.05, 0) is 77.8 Å². The topological polar surface area (TPSA) is 131 Å². The van der Waals surface area contributed by atoms with Crippen LogP contribution in [0.1, 0.15) is 91.8 Å². The zero-order valence-corrected chi connectivity index (χ0v) is 23.5. The van der Waals surface area contributed by atoms with E-state index < -0.39 is 41.1 Å². The van der Waals surface area contributed by atoms with Crippen LogP contribution < -0.4 is 16.4 Å². The van der Waals surface area contributed by atoms with Gasteiger partial charge in [-0.15, -0.1) is 0 Å². The van der Waals surface area contributed by atoms with Gasteiger partial charge in [-0.2, -0.15) is 0 Å². The maximum Gasteiger partial charge on any atom is 0.408 e. The molecule has 9 nitrogen and oxygen atoms in total. The molecule has 9 heteroatoms. The molecular weight excluding hydrogens is 472 g/mol. The molecule has 37 heavy (non-hydrogen) atoms. The second-order valence-electron chi connectivity index (χ2n) is 12.0. The molecule has 206 valence electrons. The van der Waals surface area contributed by atoms with Gasteiger partial charge in [0.05, 0.1) is 0 Å². The number of nitrogens with one attached hydrogen (secondary N) is 2. The van der Waals surface area contributed by atoms with Crippen molar-refractivity contribution in [3.63, 3.8) is 0 Å². The average molecular weight is 517 g/mol. The second-order valence-corrected chi connectivity index (χ2v) is 12.0. The van der Waals surface area contributed by atoms with Crippen molar-refractivity contribution in [2.45, 2.75) is 110 Å². The van der Waals surface area contributed by atoms with E-state index in [0.717, 1.165) is 18.4 Å². The molecule has 0 saturated heterocycles. The molecule has 4 amide bonds. The molecule has 4 N–H and O–H groups in total. The van der Waals surface area contributed by atoms with Crippen LogP contribution in [0.4, 0.5) is 4.79 Å². The van der Waals surface area contributed by atoms with Gasteiger partial charge in [-0.25, -0.2) is 4.79 Å². The van der Waals surface area contributed by atoms with Crippen molar-refractivity contribution in [2.24, 2.45) is 11.7 Å². The van der Waals surface area contributed by atoms with Crippen LogP contribution in [0.2, 0.25) is 0 Å². The molecule has 0 aromatic heterocycles. The van der Waals surface area contributed by atoms with Crippen molar-refractivity contribution in [1.29, 1.82) is 0 Å². The van der Waals surface area contributed by atoms with Crippen LogP contribution in [0.25, 0.3) is 0 Å². The summed E-state index contributed by atoms with van der Waals surface area (Å²) in [5.74, 6) is -1.17. The first-order valence-corrected chi connectivity index (χ1v) is 13.0. The van der Waals surface area contributed by atoms with E-state index in [1.165, 1.54) is 0 Å². The van der Waals surface area contributed by atoms with Crippen molar-refractivity contribution in [3.05, 3.63) is 35.4 Å². The number of alkyl carbamates (subject to hydrolysis) is 1. The van der Waals surface area contributed by atoms with Gasteiger partial charge in [0.1, 0.15) is 17.7 Å². The van der Waals surface area contributed by atoms with E-state index in [-0.39, 0.29) is 30.7 Å². The van der Waals surface area contributed by atoms with Crippen LogP contribution in [0.5, 0.6) is 0 Å². The maximum absolute atomic E-state index is 14.1. The first-order valence-electron chi connectivity index (χ1n) is 13.0. The van der Waals surface area contributed by atoms with Gasteiger partial charge in [-0.3, -0.25) is 14.4 Å². The van der Waals surface area contributed by atoms with E-state index in [2.05, 4.69) is 10.6 Å². The fraction of sp³-hybridized carbons (Fsp3) is 0.643. The quantitative estimate of drug-likeness (QED) is 0.437. The summed E-state index contributed by atoms with van der Waals surface area (Å²) in [5.41, 5.74) is 5.86. The minimum Gasteiger partial charge on any atom is -0.444 e. The number of primary amides is 1. The van der Waals surface area contributed by atoms with Crippen molar-refractivity contribution in [2.75, 3.05) is 0 Å². The highest BCUT2D eigenvalue weighted by Gasteiger charge is 2.48. The van der Waals surface area contributed by atoms with Crippen LogP contribution in [0.15, 0.2) is 24.3 Å². The minimum atomic E-state index is -1.09. The number of aryl methyl sites for hydroxylation is 1. The Kier molecular flexibility index (Phi) is 9.74. The van der Waals surface area contributed by atoms with E-state index in [1.807, 2.05) is 58.9 Å². The van der Waals surface area contributed by atoms with Gasteiger partial charge in [0, 0.05) is 18.0 Å². The Balaban J connectivity index is 2.52. The Morgan fingerprint density at radius 1 is 1.08 bits per heavy atom. The smallest absolute Gasteiger partial charge is 0.408 e.